The number of fused-ring (bicyclic) bond motifs is 1. The first kappa shape index (κ1) is 10.2. The molecule has 17 heavy (non-hydrogen) atoms. The van der Waals surface area contributed by atoms with Crippen molar-refractivity contribution >= 4 is 11.5 Å². The molecule has 0 bridgehead atoms. The van der Waals surface area contributed by atoms with E-state index in [2.05, 4.69) is 38.8 Å². The van der Waals surface area contributed by atoms with Gasteiger partial charge in [-0.1, -0.05) is 12.1 Å². The summed E-state index contributed by atoms with van der Waals surface area (Å²) in [5.41, 5.74) is 3.89. The van der Waals surface area contributed by atoms with Crippen molar-refractivity contribution in [3.8, 4) is 0 Å². The van der Waals surface area contributed by atoms with Crippen molar-refractivity contribution in [1.82, 2.24) is 15.3 Å². The first-order valence-electron chi connectivity index (χ1n) is 5.78. The molecule has 0 spiro atoms. The molecule has 0 saturated carbocycles. The average Bonchev–Trinajstić information content (AvgIpc) is 2.40. The molecule has 4 nitrogen and oxygen atoms in total. The minimum atomic E-state index is 0.791. The molecular formula is C13H14N4. The Balaban J connectivity index is 1.93. The highest BCUT2D eigenvalue weighted by Gasteiger charge is 2.12. The highest BCUT2D eigenvalue weighted by Crippen LogP contribution is 2.25. The average molecular weight is 226 g/mol. The first-order valence-corrected chi connectivity index (χ1v) is 5.78. The van der Waals surface area contributed by atoms with E-state index in [1.165, 1.54) is 11.1 Å². The maximum atomic E-state index is 4.23. The lowest BCUT2D eigenvalue weighted by atomic mass is 9.99. The van der Waals surface area contributed by atoms with E-state index < -0.39 is 0 Å². The SMILES string of the molecule is c1cc2c(c(Nc3cnccn3)c1)CCNC2. The third-order valence-electron chi connectivity index (χ3n) is 2.97. The van der Waals surface area contributed by atoms with Crippen molar-refractivity contribution in [3.63, 3.8) is 0 Å². The van der Waals surface area contributed by atoms with E-state index in [0.29, 0.717) is 0 Å². The van der Waals surface area contributed by atoms with Gasteiger partial charge in [0.25, 0.3) is 0 Å². The summed E-state index contributed by atoms with van der Waals surface area (Å²) in [5.74, 6) is 0.791. The number of rotatable bonds is 2. The monoisotopic (exact) mass is 226 g/mol. The molecule has 1 aromatic heterocycles. The topological polar surface area (TPSA) is 49.8 Å². The van der Waals surface area contributed by atoms with Gasteiger partial charge >= 0.3 is 0 Å². The summed E-state index contributed by atoms with van der Waals surface area (Å²) in [5, 5.41) is 6.71. The van der Waals surface area contributed by atoms with E-state index in [-0.39, 0.29) is 0 Å². The summed E-state index contributed by atoms with van der Waals surface area (Å²) in [6.07, 6.45) is 6.16. The van der Waals surface area contributed by atoms with Crippen molar-refractivity contribution in [2.24, 2.45) is 0 Å². The van der Waals surface area contributed by atoms with Gasteiger partial charge in [-0.05, 0) is 30.2 Å². The van der Waals surface area contributed by atoms with Crippen molar-refractivity contribution in [3.05, 3.63) is 47.9 Å². The number of hydrogen-bond acceptors (Lipinski definition) is 4. The Morgan fingerprint density at radius 2 is 2.24 bits per heavy atom. The van der Waals surface area contributed by atoms with Gasteiger partial charge in [0.1, 0.15) is 5.82 Å². The Labute approximate surface area is 100 Å². The number of hydrogen-bond donors (Lipinski definition) is 2. The van der Waals surface area contributed by atoms with Gasteiger partial charge < -0.3 is 10.6 Å². The maximum Gasteiger partial charge on any atom is 0.148 e. The minimum absolute atomic E-state index is 0.791. The van der Waals surface area contributed by atoms with Gasteiger partial charge in [-0.25, -0.2) is 4.98 Å². The lowest BCUT2D eigenvalue weighted by Crippen LogP contribution is -2.24. The van der Waals surface area contributed by atoms with Gasteiger partial charge in [-0.2, -0.15) is 0 Å². The number of benzene rings is 1. The van der Waals surface area contributed by atoms with Crippen LogP contribution >= 0.6 is 0 Å². The predicted octanol–water partition coefficient (Wildman–Crippen LogP) is 1.87. The zero-order chi connectivity index (χ0) is 11.5. The highest BCUT2D eigenvalue weighted by atomic mass is 15.0. The van der Waals surface area contributed by atoms with Crippen molar-refractivity contribution < 1.29 is 0 Å². The zero-order valence-corrected chi connectivity index (χ0v) is 9.48. The molecule has 0 amide bonds. The van der Waals surface area contributed by atoms with Gasteiger partial charge in [0.15, 0.2) is 0 Å². The summed E-state index contributed by atoms with van der Waals surface area (Å²) in [7, 11) is 0. The van der Waals surface area contributed by atoms with E-state index >= 15 is 0 Å². The standard InChI is InChI=1S/C13H14N4/c1-2-10-8-14-5-4-11(10)12(3-1)17-13-9-15-6-7-16-13/h1-3,6-7,9,14H,4-5,8H2,(H,16,17). The van der Waals surface area contributed by atoms with Crippen LogP contribution in [0.3, 0.4) is 0 Å². The third-order valence-corrected chi connectivity index (χ3v) is 2.97. The molecule has 4 heteroatoms. The molecule has 0 unspecified atom stereocenters. The number of aromatic nitrogens is 2. The quantitative estimate of drug-likeness (QED) is 0.820. The summed E-state index contributed by atoms with van der Waals surface area (Å²) in [6.45, 7) is 1.98. The molecule has 2 aromatic rings. The second-order valence-electron chi connectivity index (χ2n) is 4.09. The lowest BCUT2D eigenvalue weighted by Gasteiger charge is -2.20. The second kappa shape index (κ2) is 4.51. The lowest BCUT2D eigenvalue weighted by molar-refractivity contribution is 0.645. The molecular weight excluding hydrogens is 212 g/mol. The Morgan fingerprint density at radius 1 is 1.24 bits per heavy atom. The molecule has 0 atom stereocenters. The Kier molecular flexibility index (Phi) is 2.71. The fourth-order valence-corrected chi connectivity index (χ4v) is 2.15. The van der Waals surface area contributed by atoms with Crippen LogP contribution in [-0.2, 0) is 13.0 Å². The predicted molar refractivity (Wildman–Crippen MR) is 67.2 cm³/mol. The third kappa shape index (κ3) is 2.12. The Bertz CT molecular complexity index is 510. The summed E-state index contributed by atoms with van der Waals surface area (Å²) in [6, 6.07) is 6.34. The molecule has 86 valence electrons. The van der Waals surface area contributed by atoms with E-state index in [4.69, 9.17) is 0 Å². The fourth-order valence-electron chi connectivity index (χ4n) is 2.15. The van der Waals surface area contributed by atoms with Gasteiger partial charge in [-0.3, -0.25) is 4.98 Å². The number of nitrogens with zero attached hydrogens (tertiary/aromatic N) is 2. The van der Waals surface area contributed by atoms with E-state index in [0.717, 1.165) is 31.0 Å². The van der Waals surface area contributed by atoms with Crippen LogP contribution in [0.15, 0.2) is 36.8 Å². The van der Waals surface area contributed by atoms with Gasteiger partial charge in [0.05, 0.1) is 6.20 Å². The molecule has 0 fully saturated rings. The van der Waals surface area contributed by atoms with Crippen LogP contribution in [0.1, 0.15) is 11.1 Å². The summed E-state index contributed by atoms with van der Waals surface area (Å²) < 4.78 is 0. The zero-order valence-electron chi connectivity index (χ0n) is 9.48. The molecule has 0 aliphatic carbocycles. The van der Waals surface area contributed by atoms with Gasteiger partial charge in [0, 0.05) is 24.6 Å². The smallest absolute Gasteiger partial charge is 0.148 e. The number of nitrogens with one attached hydrogen (secondary N) is 2. The summed E-state index contributed by atoms with van der Waals surface area (Å²) >= 11 is 0. The number of anilines is 2. The first-order chi connectivity index (χ1) is 8.43. The Hall–Kier alpha value is -1.94. The van der Waals surface area contributed by atoms with Crippen LogP contribution < -0.4 is 10.6 Å². The second-order valence-corrected chi connectivity index (χ2v) is 4.09. The van der Waals surface area contributed by atoms with Gasteiger partial charge in [0.2, 0.25) is 0 Å². The largest absolute Gasteiger partial charge is 0.339 e. The fraction of sp³-hybridized carbons (Fsp3) is 0.231. The van der Waals surface area contributed by atoms with Crippen molar-refractivity contribution in [2.75, 3.05) is 11.9 Å². The maximum absolute atomic E-state index is 4.23. The van der Waals surface area contributed by atoms with Crippen LogP contribution in [0.4, 0.5) is 11.5 Å². The van der Waals surface area contributed by atoms with E-state index in [1.54, 1.807) is 18.6 Å². The molecule has 0 radical (unpaired) electrons. The van der Waals surface area contributed by atoms with Crippen LogP contribution in [0.2, 0.25) is 0 Å². The normalized spacial score (nSPS) is 14.1. The van der Waals surface area contributed by atoms with Crippen LogP contribution in [0.5, 0.6) is 0 Å². The molecule has 1 aromatic carbocycles. The van der Waals surface area contributed by atoms with Crippen molar-refractivity contribution in [1.29, 1.82) is 0 Å². The molecule has 2 heterocycles. The molecule has 1 aliphatic heterocycles. The Morgan fingerprint density at radius 3 is 3.12 bits per heavy atom. The highest BCUT2D eigenvalue weighted by molar-refractivity contribution is 5.62. The minimum Gasteiger partial charge on any atom is -0.339 e. The molecule has 0 saturated heterocycles. The molecule has 2 N–H and O–H groups in total. The summed E-state index contributed by atoms with van der Waals surface area (Å²) in [4.78, 5) is 8.29. The van der Waals surface area contributed by atoms with E-state index in [1.807, 2.05) is 0 Å². The van der Waals surface area contributed by atoms with Crippen molar-refractivity contribution in [2.45, 2.75) is 13.0 Å². The van der Waals surface area contributed by atoms with E-state index in [9.17, 15) is 0 Å². The molecule has 1 aliphatic rings. The molecule has 3 rings (SSSR count). The van der Waals surface area contributed by atoms with Crippen LogP contribution in [0.25, 0.3) is 0 Å². The van der Waals surface area contributed by atoms with Crippen LogP contribution in [0, 0.1) is 0 Å². The van der Waals surface area contributed by atoms with Gasteiger partial charge in [-0.15, -0.1) is 0 Å². The van der Waals surface area contributed by atoms with Crippen LogP contribution in [-0.4, -0.2) is 16.5 Å².